The minimum absolute atomic E-state index is 0.0656. The molecule has 0 saturated carbocycles. The average Bonchev–Trinajstić information content (AvgIpc) is 2.25. The first-order valence-corrected chi connectivity index (χ1v) is 5.87. The zero-order valence-corrected chi connectivity index (χ0v) is 10.6. The molecule has 88 valence electrons. The Morgan fingerprint density at radius 3 is 2.25 bits per heavy atom. The van der Waals surface area contributed by atoms with E-state index in [1.807, 2.05) is 38.1 Å². The van der Waals surface area contributed by atoms with Crippen LogP contribution in [0.2, 0.25) is 0 Å². The summed E-state index contributed by atoms with van der Waals surface area (Å²) in [7, 11) is 0. The molecule has 16 heavy (non-hydrogen) atoms. The molecule has 0 aromatic heterocycles. The number of aryl methyl sites for hydroxylation is 1. The zero-order chi connectivity index (χ0) is 12.1. The van der Waals surface area contributed by atoms with E-state index in [1.54, 1.807) is 0 Å². The molecule has 3 heteroatoms. The Bertz CT molecular complexity index is 343. The van der Waals surface area contributed by atoms with Crippen LogP contribution in [0.5, 0.6) is 5.75 Å². The summed E-state index contributed by atoms with van der Waals surface area (Å²) in [6, 6.07) is 7.72. The van der Waals surface area contributed by atoms with Crippen LogP contribution in [0.4, 0.5) is 0 Å². The van der Waals surface area contributed by atoms with Crippen molar-refractivity contribution in [2.45, 2.75) is 33.3 Å². The first-order valence-electron chi connectivity index (χ1n) is 5.49. The maximum atomic E-state index is 11.2. The third kappa shape index (κ3) is 3.53. The Kier molecular flexibility index (Phi) is 4.81. The Morgan fingerprint density at radius 1 is 1.31 bits per heavy atom. The van der Waals surface area contributed by atoms with Crippen molar-refractivity contribution in [3.8, 4) is 5.75 Å². The fourth-order valence-corrected chi connectivity index (χ4v) is 1.69. The van der Waals surface area contributed by atoms with Gasteiger partial charge in [-0.3, -0.25) is 4.79 Å². The van der Waals surface area contributed by atoms with Crippen molar-refractivity contribution in [3.05, 3.63) is 29.8 Å². The summed E-state index contributed by atoms with van der Waals surface area (Å²) in [6.07, 6.45) is 0.414. The minimum Gasteiger partial charge on any atom is -0.481 e. The van der Waals surface area contributed by atoms with Gasteiger partial charge in [0.1, 0.15) is 5.75 Å². The van der Waals surface area contributed by atoms with Crippen molar-refractivity contribution < 1.29 is 9.53 Å². The topological polar surface area (TPSA) is 26.3 Å². The maximum absolute atomic E-state index is 11.2. The molecule has 0 aliphatic carbocycles. The number of carbonyl (C=O) groups excluding carboxylic acids is 1. The number of benzene rings is 1. The minimum atomic E-state index is -0.575. The highest BCUT2D eigenvalue weighted by atomic mass is 35.5. The number of hydrogen-bond donors (Lipinski definition) is 0. The first kappa shape index (κ1) is 13.0. The molecule has 1 unspecified atom stereocenters. The summed E-state index contributed by atoms with van der Waals surface area (Å²) < 4.78 is 5.56. The van der Waals surface area contributed by atoms with E-state index in [1.165, 1.54) is 5.56 Å². The third-order valence-corrected chi connectivity index (χ3v) is 2.64. The maximum Gasteiger partial charge on any atom is 0.262 e. The summed E-state index contributed by atoms with van der Waals surface area (Å²) in [5.41, 5.74) is 1.24. The lowest BCUT2D eigenvalue weighted by Gasteiger charge is -2.18. The lowest BCUT2D eigenvalue weighted by atomic mass is 10.1. The van der Waals surface area contributed by atoms with Gasteiger partial charge >= 0.3 is 0 Å². The smallest absolute Gasteiger partial charge is 0.262 e. The van der Waals surface area contributed by atoms with Gasteiger partial charge in [0.2, 0.25) is 0 Å². The normalized spacial score (nSPS) is 12.6. The summed E-state index contributed by atoms with van der Waals surface area (Å²) >= 11 is 5.48. The number of hydrogen-bond acceptors (Lipinski definition) is 2. The monoisotopic (exact) mass is 240 g/mol. The molecule has 0 aliphatic heterocycles. The van der Waals surface area contributed by atoms with Crippen LogP contribution in [-0.4, -0.2) is 11.3 Å². The zero-order valence-electron chi connectivity index (χ0n) is 9.87. The molecule has 0 radical (unpaired) electrons. The lowest BCUT2D eigenvalue weighted by molar-refractivity contribution is -0.119. The number of ether oxygens (including phenoxy) is 1. The fourth-order valence-electron chi connectivity index (χ4n) is 1.39. The van der Waals surface area contributed by atoms with E-state index in [0.29, 0.717) is 5.75 Å². The molecule has 0 bridgehead atoms. The van der Waals surface area contributed by atoms with Crippen LogP contribution in [0.15, 0.2) is 24.3 Å². The van der Waals surface area contributed by atoms with E-state index in [-0.39, 0.29) is 5.92 Å². The highest BCUT2D eigenvalue weighted by Gasteiger charge is 2.22. The third-order valence-electron chi connectivity index (χ3n) is 2.42. The molecule has 0 N–H and O–H groups in total. The molecule has 0 saturated heterocycles. The number of halogens is 1. The van der Waals surface area contributed by atoms with Crippen LogP contribution in [0.3, 0.4) is 0 Å². The van der Waals surface area contributed by atoms with Crippen molar-refractivity contribution in [1.82, 2.24) is 0 Å². The van der Waals surface area contributed by atoms with Gasteiger partial charge in [0.25, 0.3) is 5.24 Å². The predicted octanol–water partition coefficient (Wildman–Crippen LogP) is 3.42. The quantitative estimate of drug-likeness (QED) is 0.738. The molecular weight excluding hydrogens is 224 g/mol. The summed E-state index contributed by atoms with van der Waals surface area (Å²) in [6.45, 7) is 5.91. The summed E-state index contributed by atoms with van der Waals surface area (Å²) in [4.78, 5) is 11.2. The van der Waals surface area contributed by atoms with E-state index in [9.17, 15) is 4.79 Å². The Balaban J connectivity index is 2.74. The highest BCUT2D eigenvalue weighted by Crippen LogP contribution is 2.18. The number of carbonyl (C=O) groups is 1. The molecule has 0 aliphatic rings. The average molecular weight is 241 g/mol. The molecule has 2 nitrogen and oxygen atoms in total. The van der Waals surface area contributed by atoms with Gasteiger partial charge in [-0.1, -0.05) is 32.9 Å². The fraction of sp³-hybridized carbons (Fsp3) is 0.462. The van der Waals surface area contributed by atoms with Gasteiger partial charge in [-0.25, -0.2) is 0 Å². The molecule has 0 heterocycles. The Hall–Kier alpha value is -1.02. The standard InChI is InChI=1S/C13H17ClO2/c1-4-10-5-7-11(8-6-10)16-12(9(2)3)13(14)15/h5-9,12H,4H2,1-3H3. The van der Waals surface area contributed by atoms with Crippen LogP contribution in [0.1, 0.15) is 26.3 Å². The summed E-state index contributed by atoms with van der Waals surface area (Å²) in [5, 5.41) is -0.449. The van der Waals surface area contributed by atoms with Gasteiger partial charge in [-0.2, -0.15) is 0 Å². The van der Waals surface area contributed by atoms with Gasteiger partial charge in [-0.05, 0) is 41.6 Å². The molecule has 0 amide bonds. The Morgan fingerprint density at radius 2 is 1.88 bits per heavy atom. The second-order valence-corrected chi connectivity index (χ2v) is 4.46. The van der Waals surface area contributed by atoms with Gasteiger partial charge in [-0.15, -0.1) is 0 Å². The van der Waals surface area contributed by atoms with Crippen LogP contribution >= 0.6 is 11.6 Å². The van der Waals surface area contributed by atoms with Crippen molar-refractivity contribution in [2.75, 3.05) is 0 Å². The predicted molar refractivity (Wildman–Crippen MR) is 65.9 cm³/mol. The van der Waals surface area contributed by atoms with Crippen LogP contribution < -0.4 is 4.74 Å². The van der Waals surface area contributed by atoms with Crippen molar-refractivity contribution in [2.24, 2.45) is 5.92 Å². The lowest BCUT2D eigenvalue weighted by Crippen LogP contribution is -2.29. The molecule has 0 fully saturated rings. The molecule has 1 rings (SSSR count). The van der Waals surface area contributed by atoms with E-state index in [0.717, 1.165) is 6.42 Å². The van der Waals surface area contributed by atoms with Crippen LogP contribution in [0, 0.1) is 5.92 Å². The van der Waals surface area contributed by atoms with Crippen molar-refractivity contribution in [3.63, 3.8) is 0 Å². The molecule has 1 aromatic carbocycles. The van der Waals surface area contributed by atoms with E-state index < -0.39 is 11.3 Å². The van der Waals surface area contributed by atoms with Crippen LogP contribution in [-0.2, 0) is 11.2 Å². The van der Waals surface area contributed by atoms with Crippen LogP contribution in [0.25, 0.3) is 0 Å². The number of rotatable bonds is 5. The van der Waals surface area contributed by atoms with E-state index in [2.05, 4.69) is 6.92 Å². The van der Waals surface area contributed by atoms with Gasteiger partial charge < -0.3 is 4.74 Å². The SMILES string of the molecule is CCc1ccc(OC(C(=O)Cl)C(C)C)cc1. The summed E-state index contributed by atoms with van der Waals surface area (Å²) in [5.74, 6) is 0.751. The van der Waals surface area contributed by atoms with E-state index in [4.69, 9.17) is 16.3 Å². The highest BCUT2D eigenvalue weighted by molar-refractivity contribution is 6.64. The molecule has 1 atom stereocenters. The molecular formula is C13H17ClO2. The van der Waals surface area contributed by atoms with Gasteiger partial charge in [0.15, 0.2) is 6.10 Å². The van der Waals surface area contributed by atoms with Gasteiger partial charge in [0, 0.05) is 0 Å². The first-order chi connectivity index (χ1) is 7.54. The van der Waals surface area contributed by atoms with E-state index >= 15 is 0 Å². The molecule has 0 spiro atoms. The largest absolute Gasteiger partial charge is 0.481 e. The van der Waals surface area contributed by atoms with Crippen molar-refractivity contribution in [1.29, 1.82) is 0 Å². The second kappa shape index (κ2) is 5.90. The molecule has 1 aromatic rings. The Labute approximate surface area is 102 Å². The van der Waals surface area contributed by atoms with Crippen molar-refractivity contribution >= 4 is 16.8 Å². The van der Waals surface area contributed by atoms with Gasteiger partial charge in [0.05, 0.1) is 0 Å². The second-order valence-electron chi connectivity index (χ2n) is 4.08.